The Hall–Kier alpha value is -0.810. The number of hydrogen-bond acceptors (Lipinski definition) is 4. The Morgan fingerprint density at radius 1 is 1.36 bits per heavy atom. The maximum absolute atomic E-state index is 11.8. The summed E-state index contributed by atoms with van der Waals surface area (Å²) in [6, 6.07) is 0.933. The average molecular weight is 313 g/mol. The summed E-state index contributed by atoms with van der Waals surface area (Å²) in [5.41, 5.74) is -0.442. The van der Waals surface area contributed by atoms with Crippen LogP contribution in [0, 0.1) is 0 Å². The Labute approximate surface area is 136 Å². The number of likely N-dealkylation sites (N-methyl/N-ethyl adjacent to an activating group) is 1. The smallest absolute Gasteiger partial charge is 0.407 e. The number of likely N-dealkylation sites (tertiary alicyclic amines) is 1. The highest BCUT2D eigenvalue weighted by Crippen LogP contribution is 2.14. The Kier molecular flexibility index (Phi) is 8.18. The van der Waals surface area contributed by atoms with Gasteiger partial charge >= 0.3 is 6.09 Å². The van der Waals surface area contributed by atoms with Crippen LogP contribution < -0.4 is 10.6 Å². The molecule has 0 saturated carbocycles. The normalized spacial score (nSPS) is 21.4. The van der Waals surface area contributed by atoms with Crippen molar-refractivity contribution in [2.24, 2.45) is 0 Å². The minimum absolute atomic E-state index is 0.313. The Morgan fingerprint density at radius 3 is 2.68 bits per heavy atom. The molecule has 0 aromatic rings. The van der Waals surface area contributed by atoms with Gasteiger partial charge in [0.2, 0.25) is 0 Å². The first-order valence-electron chi connectivity index (χ1n) is 8.72. The molecule has 2 atom stereocenters. The van der Waals surface area contributed by atoms with Gasteiger partial charge in [-0.2, -0.15) is 0 Å². The van der Waals surface area contributed by atoms with E-state index in [9.17, 15) is 4.79 Å². The van der Waals surface area contributed by atoms with Gasteiger partial charge in [0.15, 0.2) is 0 Å². The SMILES string of the molecule is CCCC(CNC(=O)OC(C)(C)C)NCC1CCCCN1C. The Balaban J connectivity index is 2.33. The van der Waals surface area contributed by atoms with Gasteiger partial charge in [0.1, 0.15) is 5.60 Å². The number of carbonyl (C=O) groups is 1. The molecular formula is C17H35N3O2. The number of hydrogen-bond donors (Lipinski definition) is 2. The van der Waals surface area contributed by atoms with Crippen molar-refractivity contribution in [2.75, 3.05) is 26.7 Å². The molecule has 22 heavy (non-hydrogen) atoms. The standard InChI is InChI=1S/C17H35N3O2/c1-6-9-14(12-19-16(21)22-17(2,3)4)18-13-15-10-7-8-11-20(15)5/h14-15,18H,6-13H2,1-5H3,(H,19,21). The van der Waals surface area contributed by atoms with E-state index in [0.717, 1.165) is 19.4 Å². The molecular weight excluding hydrogens is 278 g/mol. The Bertz CT molecular complexity index is 328. The minimum Gasteiger partial charge on any atom is -0.444 e. The predicted molar refractivity (Wildman–Crippen MR) is 91.2 cm³/mol. The highest BCUT2D eigenvalue weighted by atomic mass is 16.6. The van der Waals surface area contributed by atoms with E-state index in [-0.39, 0.29) is 6.09 Å². The van der Waals surface area contributed by atoms with E-state index in [2.05, 4.69) is 29.5 Å². The molecule has 1 aliphatic heterocycles. The molecule has 0 spiro atoms. The molecule has 0 radical (unpaired) electrons. The van der Waals surface area contributed by atoms with Crippen LogP contribution in [0.4, 0.5) is 4.79 Å². The van der Waals surface area contributed by atoms with E-state index in [1.165, 1.54) is 25.8 Å². The maximum Gasteiger partial charge on any atom is 0.407 e. The molecule has 1 aliphatic rings. The van der Waals surface area contributed by atoms with Crippen LogP contribution in [0.15, 0.2) is 0 Å². The lowest BCUT2D eigenvalue weighted by Crippen LogP contribution is -2.49. The van der Waals surface area contributed by atoms with E-state index in [4.69, 9.17) is 4.74 Å². The number of nitrogens with one attached hydrogen (secondary N) is 2. The van der Waals surface area contributed by atoms with Gasteiger partial charge in [-0.3, -0.25) is 0 Å². The van der Waals surface area contributed by atoms with E-state index in [1.54, 1.807) is 0 Å². The summed E-state index contributed by atoms with van der Waals surface area (Å²) in [7, 11) is 2.21. The number of ether oxygens (including phenoxy) is 1. The number of carbonyl (C=O) groups excluding carboxylic acids is 1. The number of amides is 1. The van der Waals surface area contributed by atoms with Gasteiger partial charge in [-0.25, -0.2) is 4.79 Å². The topological polar surface area (TPSA) is 53.6 Å². The summed E-state index contributed by atoms with van der Waals surface area (Å²) >= 11 is 0. The molecule has 130 valence electrons. The molecule has 1 fully saturated rings. The van der Waals surface area contributed by atoms with Gasteiger partial charge in [0.05, 0.1) is 0 Å². The number of piperidine rings is 1. The van der Waals surface area contributed by atoms with Crippen molar-refractivity contribution in [3.05, 3.63) is 0 Å². The first kappa shape index (κ1) is 19.2. The number of alkyl carbamates (subject to hydrolysis) is 1. The van der Waals surface area contributed by atoms with Gasteiger partial charge in [-0.15, -0.1) is 0 Å². The zero-order valence-corrected chi connectivity index (χ0v) is 15.1. The van der Waals surface area contributed by atoms with Crippen LogP contribution in [0.2, 0.25) is 0 Å². The molecule has 1 saturated heterocycles. The Morgan fingerprint density at radius 2 is 2.09 bits per heavy atom. The molecule has 0 bridgehead atoms. The molecule has 2 N–H and O–H groups in total. The lowest BCUT2D eigenvalue weighted by Gasteiger charge is -2.34. The van der Waals surface area contributed by atoms with E-state index in [0.29, 0.717) is 18.6 Å². The zero-order chi connectivity index (χ0) is 16.6. The van der Waals surface area contributed by atoms with Crippen molar-refractivity contribution < 1.29 is 9.53 Å². The average Bonchev–Trinajstić information content (AvgIpc) is 2.41. The van der Waals surface area contributed by atoms with E-state index in [1.807, 2.05) is 20.8 Å². The van der Waals surface area contributed by atoms with Gasteiger partial charge in [-0.05, 0) is 53.6 Å². The fourth-order valence-corrected chi connectivity index (χ4v) is 2.85. The third-order valence-electron chi connectivity index (χ3n) is 4.09. The van der Waals surface area contributed by atoms with Crippen molar-refractivity contribution in [3.8, 4) is 0 Å². The fraction of sp³-hybridized carbons (Fsp3) is 0.941. The highest BCUT2D eigenvalue weighted by molar-refractivity contribution is 5.67. The summed E-state index contributed by atoms with van der Waals surface area (Å²) in [5.74, 6) is 0. The lowest BCUT2D eigenvalue weighted by atomic mass is 10.0. The van der Waals surface area contributed by atoms with Gasteiger partial charge in [-0.1, -0.05) is 19.8 Å². The van der Waals surface area contributed by atoms with E-state index < -0.39 is 5.60 Å². The largest absolute Gasteiger partial charge is 0.444 e. The summed E-state index contributed by atoms with van der Waals surface area (Å²) in [5, 5.41) is 6.51. The third-order valence-corrected chi connectivity index (χ3v) is 4.09. The molecule has 2 unspecified atom stereocenters. The molecule has 5 heteroatoms. The van der Waals surface area contributed by atoms with Crippen molar-refractivity contribution >= 4 is 6.09 Å². The molecule has 5 nitrogen and oxygen atoms in total. The zero-order valence-electron chi connectivity index (χ0n) is 15.1. The van der Waals surface area contributed by atoms with Crippen LogP contribution in [-0.2, 0) is 4.74 Å². The second-order valence-electron chi connectivity index (χ2n) is 7.41. The van der Waals surface area contributed by atoms with Crippen molar-refractivity contribution in [3.63, 3.8) is 0 Å². The molecule has 0 aromatic carbocycles. The van der Waals surface area contributed by atoms with Gasteiger partial charge in [0.25, 0.3) is 0 Å². The first-order chi connectivity index (χ1) is 10.3. The van der Waals surface area contributed by atoms with Crippen molar-refractivity contribution in [2.45, 2.75) is 77.5 Å². The monoisotopic (exact) mass is 313 g/mol. The van der Waals surface area contributed by atoms with Crippen LogP contribution in [0.1, 0.15) is 59.8 Å². The maximum atomic E-state index is 11.8. The summed E-state index contributed by atoms with van der Waals surface area (Å²) < 4.78 is 5.29. The lowest BCUT2D eigenvalue weighted by molar-refractivity contribution is 0.0521. The minimum atomic E-state index is -0.442. The van der Waals surface area contributed by atoms with Crippen LogP contribution in [0.25, 0.3) is 0 Å². The second kappa shape index (κ2) is 9.36. The van der Waals surface area contributed by atoms with Crippen molar-refractivity contribution in [1.82, 2.24) is 15.5 Å². The molecule has 0 aliphatic carbocycles. The summed E-state index contributed by atoms with van der Waals surface area (Å²) in [6.45, 7) is 10.6. The summed E-state index contributed by atoms with van der Waals surface area (Å²) in [6.07, 6.45) is 5.74. The molecule has 1 amide bonds. The van der Waals surface area contributed by atoms with Crippen LogP contribution >= 0.6 is 0 Å². The predicted octanol–water partition coefficient (Wildman–Crippen LogP) is 2.75. The quantitative estimate of drug-likeness (QED) is 0.759. The molecule has 1 heterocycles. The molecule has 0 aromatic heterocycles. The van der Waals surface area contributed by atoms with Crippen LogP contribution in [0.3, 0.4) is 0 Å². The number of nitrogens with zero attached hydrogens (tertiary/aromatic N) is 1. The van der Waals surface area contributed by atoms with Crippen LogP contribution in [-0.4, -0.2) is 55.4 Å². The second-order valence-corrected chi connectivity index (χ2v) is 7.41. The van der Waals surface area contributed by atoms with E-state index >= 15 is 0 Å². The van der Waals surface area contributed by atoms with Gasteiger partial charge in [0, 0.05) is 25.2 Å². The first-order valence-corrected chi connectivity index (χ1v) is 8.72. The van der Waals surface area contributed by atoms with Crippen molar-refractivity contribution in [1.29, 1.82) is 0 Å². The van der Waals surface area contributed by atoms with Gasteiger partial charge < -0.3 is 20.3 Å². The fourth-order valence-electron chi connectivity index (χ4n) is 2.85. The molecule has 1 rings (SSSR count). The summed E-state index contributed by atoms with van der Waals surface area (Å²) in [4.78, 5) is 14.2. The highest BCUT2D eigenvalue weighted by Gasteiger charge is 2.21. The number of rotatable bonds is 7. The van der Waals surface area contributed by atoms with Crippen LogP contribution in [0.5, 0.6) is 0 Å². The third kappa shape index (κ3) is 7.99.